The van der Waals surface area contributed by atoms with Crippen LogP contribution in [0.3, 0.4) is 0 Å². The first-order chi connectivity index (χ1) is 9.24. The molecule has 1 atom stereocenters. The van der Waals surface area contributed by atoms with Gasteiger partial charge in [-0.15, -0.1) is 0 Å². The Balaban J connectivity index is 2.18. The summed E-state index contributed by atoms with van der Waals surface area (Å²) in [5.74, 6) is 1.19. The molecule has 0 fully saturated rings. The highest BCUT2D eigenvalue weighted by atomic mass is 16.5. The monoisotopic (exact) mass is 263 g/mol. The maximum Gasteiger partial charge on any atom is 0.218 e. The van der Waals surface area contributed by atoms with Crippen LogP contribution in [0, 0.1) is 0 Å². The summed E-state index contributed by atoms with van der Waals surface area (Å²) in [5.41, 5.74) is 1.01. The number of aromatic nitrogens is 4. The lowest BCUT2D eigenvalue weighted by molar-refractivity contribution is 0.184. The smallest absolute Gasteiger partial charge is 0.218 e. The van der Waals surface area contributed by atoms with Gasteiger partial charge in [0.2, 0.25) is 5.88 Å². The van der Waals surface area contributed by atoms with Crippen LogP contribution in [0.5, 0.6) is 5.88 Å². The summed E-state index contributed by atoms with van der Waals surface area (Å²) in [4.78, 5) is 8.13. The van der Waals surface area contributed by atoms with Gasteiger partial charge < -0.3 is 14.8 Å². The maximum atomic E-state index is 5.23. The average Bonchev–Trinajstić information content (AvgIpc) is 2.85. The van der Waals surface area contributed by atoms with Crippen molar-refractivity contribution in [2.75, 3.05) is 26.1 Å². The highest BCUT2D eigenvalue weighted by Crippen LogP contribution is 2.19. The molecule has 0 radical (unpaired) electrons. The molecule has 0 aromatic carbocycles. The summed E-state index contributed by atoms with van der Waals surface area (Å²) in [6.07, 6.45) is 3.20. The molecule has 0 aliphatic rings. The molecule has 1 N–H and O–H groups in total. The first kappa shape index (κ1) is 13.3. The molecule has 0 aliphatic carbocycles. The number of methoxy groups -OCH3 is 2. The highest BCUT2D eigenvalue weighted by molar-refractivity contribution is 5.39. The van der Waals surface area contributed by atoms with E-state index in [9.17, 15) is 0 Å². The highest BCUT2D eigenvalue weighted by Gasteiger charge is 2.15. The summed E-state index contributed by atoms with van der Waals surface area (Å²) < 4.78 is 12.1. The second-order valence-corrected chi connectivity index (χ2v) is 3.98. The van der Waals surface area contributed by atoms with E-state index >= 15 is 0 Å². The minimum atomic E-state index is -0.0443. The molecule has 0 spiro atoms. The van der Waals surface area contributed by atoms with Gasteiger partial charge in [0.1, 0.15) is 12.1 Å². The normalized spacial score (nSPS) is 12.2. The second kappa shape index (κ2) is 6.14. The molecule has 102 valence electrons. The fraction of sp³-hybridized carbons (Fsp3) is 0.417. The van der Waals surface area contributed by atoms with E-state index in [1.165, 1.54) is 6.33 Å². The van der Waals surface area contributed by atoms with Crippen LogP contribution in [-0.4, -0.2) is 40.6 Å². The molecular weight excluding hydrogens is 246 g/mol. The van der Waals surface area contributed by atoms with Gasteiger partial charge in [-0.3, -0.25) is 4.68 Å². The Hall–Kier alpha value is -2.15. The Labute approximate surface area is 111 Å². The Morgan fingerprint density at radius 3 is 2.84 bits per heavy atom. The van der Waals surface area contributed by atoms with Crippen LogP contribution in [0.15, 0.2) is 24.7 Å². The first-order valence-electron chi connectivity index (χ1n) is 5.84. The molecule has 2 heterocycles. The van der Waals surface area contributed by atoms with Gasteiger partial charge in [-0.25, -0.2) is 9.97 Å². The summed E-state index contributed by atoms with van der Waals surface area (Å²) in [6.45, 7) is 0.506. The number of aryl methyl sites for hydroxylation is 1. The standard InChI is InChI=1S/C12H17N5O2/c1-17-10(4-5-15-17)9(7-18-2)16-11-6-12(19-3)14-8-13-11/h4-6,8-9H,7H2,1-3H3,(H,13,14,16)/t9-/m0/s1. The van der Waals surface area contributed by atoms with Gasteiger partial charge in [-0.05, 0) is 6.07 Å². The maximum absolute atomic E-state index is 5.23. The minimum absolute atomic E-state index is 0.0443. The number of nitrogens with zero attached hydrogens (tertiary/aromatic N) is 4. The number of hydrogen-bond donors (Lipinski definition) is 1. The van der Waals surface area contributed by atoms with Gasteiger partial charge in [0.25, 0.3) is 0 Å². The number of hydrogen-bond acceptors (Lipinski definition) is 6. The van der Waals surface area contributed by atoms with Crippen molar-refractivity contribution in [1.29, 1.82) is 0 Å². The SMILES string of the molecule is COC[C@H](Nc1cc(OC)ncn1)c1ccnn1C. The van der Waals surface area contributed by atoms with Crippen LogP contribution in [0.4, 0.5) is 5.82 Å². The van der Waals surface area contributed by atoms with Crippen molar-refractivity contribution < 1.29 is 9.47 Å². The lowest BCUT2D eigenvalue weighted by Gasteiger charge is -2.18. The lowest BCUT2D eigenvalue weighted by atomic mass is 10.2. The Kier molecular flexibility index (Phi) is 4.30. The molecule has 7 nitrogen and oxygen atoms in total. The predicted octanol–water partition coefficient (Wildman–Crippen LogP) is 1.02. The molecule has 0 saturated carbocycles. The summed E-state index contributed by atoms with van der Waals surface area (Å²) in [5, 5.41) is 7.44. The lowest BCUT2D eigenvalue weighted by Crippen LogP contribution is -2.20. The van der Waals surface area contributed by atoms with Gasteiger partial charge in [-0.1, -0.05) is 0 Å². The third-order valence-electron chi connectivity index (χ3n) is 2.72. The largest absolute Gasteiger partial charge is 0.481 e. The zero-order chi connectivity index (χ0) is 13.7. The molecule has 0 saturated heterocycles. The van der Waals surface area contributed by atoms with Crippen molar-refractivity contribution in [2.45, 2.75) is 6.04 Å². The average molecular weight is 263 g/mol. The molecule has 0 bridgehead atoms. The van der Waals surface area contributed by atoms with E-state index in [0.717, 1.165) is 5.69 Å². The van der Waals surface area contributed by atoms with Crippen molar-refractivity contribution in [3.05, 3.63) is 30.4 Å². The molecule has 0 unspecified atom stereocenters. The third kappa shape index (κ3) is 3.19. The molecule has 2 aromatic rings. The van der Waals surface area contributed by atoms with Crippen LogP contribution < -0.4 is 10.1 Å². The van der Waals surface area contributed by atoms with Gasteiger partial charge in [-0.2, -0.15) is 5.10 Å². The quantitative estimate of drug-likeness (QED) is 0.838. The second-order valence-electron chi connectivity index (χ2n) is 3.98. The van der Waals surface area contributed by atoms with E-state index in [-0.39, 0.29) is 6.04 Å². The summed E-state index contributed by atoms with van der Waals surface area (Å²) in [7, 11) is 5.12. The van der Waals surface area contributed by atoms with Gasteiger partial charge in [0.15, 0.2) is 0 Å². The number of nitrogens with one attached hydrogen (secondary N) is 1. The van der Waals surface area contributed by atoms with Crippen LogP contribution >= 0.6 is 0 Å². The summed E-state index contributed by atoms with van der Waals surface area (Å²) in [6, 6.07) is 3.63. The molecule has 2 rings (SSSR count). The zero-order valence-corrected chi connectivity index (χ0v) is 11.2. The Bertz CT molecular complexity index is 528. The fourth-order valence-corrected chi connectivity index (χ4v) is 1.80. The Morgan fingerprint density at radius 2 is 2.21 bits per heavy atom. The van der Waals surface area contributed by atoms with E-state index in [1.54, 1.807) is 31.2 Å². The van der Waals surface area contributed by atoms with Gasteiger partial charge in [0.05, 0.1) is 25.5 Å². The molecule has 7 heteroatoms. The van der Waals surface area contributed by atoms with Crippen molar-refractivity contribution in [1.82, 2.24) is 19.7 Å². The van der Waals surface area contributed by atoms with Crippen molar-refractivity contribution in [3.63, 3.8) is 0 Å². The van der Waals surface area contributed by atoms with Gasteiger partial charge in [0, 0.05) is 26.4 Å². The van der Waals surface area contributed by atoms with Crippen LogP contribution in [-0.2, 0) is 11.8 Å². The number of anilines is 1. The van der Waals surface area contributed by atoms with Crippen molar-refractivity contribution in [3.8, 4) is 5.88 Å². The van der Waals surface area contributed by atoms with E-state index in [1.807, 2.05) is 13.1 Å². The summed E-state index contributed by atoms with van der Waals surface area (Å²) >= 11 is 0. The molecular formula is C12H17N5O2. The van der Waals surface area contributed by atoms with E-state index in [0.29, 0.717) is 18.3 Å². The number of ether oxygens (including phenoxy) is 2. The van der Waals surface area contributed by atoms with E-state index in [2.05, 4.69) is 20.4 Å². The topological polar surface area (TPSA) is 74.1 Å². The molecule has 0 amide bonds. The van der Waals surface area contributed by atoms with Gasteiger partial charge >= 0.3 is 0 Å². The molecule has 19 heavy (non-hydrogen) atoms. The van der Waals surface area contributed by atoms with Crippen LogP contribution in [0.1, 0.15) is 11.7 Å². The first-order valence-corrected chi connectivity index (χ1v) is 5.84. The zero-order valence-electron chi connectivity index (χ0n) is 11.2. The number of rotatable bonds is 6. The molecule has 0 aliphatic heterocycles. The Morgan fingerprint density at radius 1 is 1.37 bits per heavy atom. The van der Waals surface area contributed by atoms with Crippen molar-refractivity contribution in [2.24, 2.45) is 7.05 Å². The molecule has 2 aromatic heterocycles. The van der Waals surface area contributed by atoms with Crippen LogP contribution in [0.2, 0.25) is 0 Å². The van der Waals surface area contributed by atoms with Crippen LogP contribution in [0.25, 0.3) is 0 Å². The third-order valence-corrected chi connectivity index (χ3v) is 2.72. The van der Waals surface area contributed by atoms with E-state index < -0.39 is 0 Å². The fourth-order valence-electron chi connectivity index (χ4n) is 1.80. The van der Waals surface area contributed by atoms with E-state index in [4.69, 9.17) is 9.47 Å². The van der Waals surface area contributed by atoms with Crippen molar-refractivity contribution >= 4 is 5.82 Å². The minimum Gasteiger partial charge on any atom is -0.481 e. The predicted molar refractivity (Wildman–Crippen MR) is 70.0 cm³/mol.